The Bertz CT molecular complexity index is 305. The maximum atomic E-state index is 2.96. The Hall–Kier alpha value is 0.0969. The Morgan fingerprint density at radius 1 is 0.393 bits per heavy atom. The van der Waals surface area contributed by atoms with Crippen molar-refractivity contribution in [1.29, 1.82) is 0 Å². The van der Waals surface area contributed by atoms with Crippen LogP contribution in [0.5, 0.6) is 0 Å². The van der Waals surface area contributed by atoms with E-state index in [-0.39, 0.29) is 0 Å². The molecule has 1 radical (unpaired) electrons. The van der Waals surface area contributed by atoms with Gasteiger partial charge in [-0.1, -0.05) is 83.1 Å². The van der Waals surface area contributed by atoms with Crippen LogP contribution in [0.4, 0.5) is 0 Å². The van der Waals surface area contributed by atoms with Crippen LogP contribution in [0.15, 0.2) is 0 Å². The molecule has 169 valence electrons. The molecule has 6 atom stereocenters. The molecular formula is C24H54N3Si. The first-order chi connectivity index (χ1) is 13.2. The molecule has 0 aromatic heterocycles. The Morgan fingerprint density at radius 3 is 0.643 bits per heavy atom. The third-order valence-corrected chi connectivity index (χ3v) is 11.1. The van der Waals surface area contributed by atoms with E-state index in [0.29, 0.717) is 36.3 Å². The largest absolute Gasteiger partial charge is 0.328 e. The maximum Gasteiger partial charge on any atom is 0.328 e. The molecular weight excluding hydrogens is 358 g/mol. The third-order valence-electron chi connectivity index (χ3n) is 7.09. The maximum absolute atomic E-state index is 2.96. The fourth-order valence-electron chi connectivity index (χ4n) is 4.07. The molecule has 6 unspecified atom stereocenters. The second-order valence-corrected chi connectivity index (χ2v) is 11.2. The molecule has 0 aromatic rings. The van der Waals surface area contributed by atoms with Gasteiger partial charge in [0.15, 0.2) is 0 Å². The van der Waals surface area contributed by atoms with Gasteiger partial charge in [-0.2, -0.15) is 0 Å². The molecule has 0 rings (SSSR count). The summed E-state index contributed by atoms with van der Waals surface area (Å²) in [6.45, 7) is 29.0. The minimum atomic E-state index is -1.03. The zero-order valence-electron chi connectivity index (χ0n) is 21.5. The van der Waals surface area contributed by atoms with E-state index in [0.717, 1.165) is 0 Å². The van der Waals surface area contributed by atoms with Gasteiger partial charge in [-0.3, -0.25) is 13.7 Å². The van der Waals surface area contributed by atoms with Crippen LogP contribution >= 0.6 is 0 Å². The van der Waals surface area contributed by atoms with Crippen LogP contribution in [0.2, 0.25) is 0 Å². The fraction of sp³-hybridized carbons (Fsp3) is 1.00. The third kappa shape index (κ3) is 7.11. The Balaban J connectivity index is 6.65. The molecule has 3 nitrogen and oxygen atoms in total. The first-order valence-electron chi connectivity index (χ1n) is 12.4. The van der Waals surface area contributed by atoms with Crippen LogP contribution in [0, 0.1) is 0 Å². The summed E-state index contributed by atoms with van der Waals surface area (Å²) in [5.41, 5.74) is 0. The quantitative estimate of drug-likeness (QED) is 0.278. The molecule has 0 fully saturated rings. The van der Waals surface area contributed by atoms with Gasteiger partial charge in [-0.25, -0.2) is 0 Å². The van der Waals surface area contributed by atoms with Gasteiger partial charge in [0.05, 0.1) is 0 Å². The number of nitrogens with zero attached hydrogens (tertiary/aromatic N) is 3. The van der Waals surface area contributed by atoms with Crippen LogP contribution in [0.1, 0.15) is 122 Å². The van der Waals surface area contributed by atoms with Gasteiger partial charge in [-0.05, 0) is 38.5 Å². The van der Waals surface area contributed by atoms with E-state index in [1.165, 1.54) is 38.5 Å². The monoisotopic (exact) mass is 412 g/mol. The van der Waals surface area contributed by atoms with E-state index in [1.807, 2.05) is 0 Å². The summed E-state index contributed by atoms with van der Waals surface area (Å²) in [5, 5.41) is 0. The van der Waals surface area contributed by atoms with Gasteiger partial charge in [-0.15, -0.1) is 0 Å². The number of rotatable bonds is 15. The van der Waals surface area contributed by atoms with Gasteiger partial charge in [0.1, 0.15) is 0 Å². The summed E-state index contributed by atoms with van der Waals surface area (Å²) < 4.78 is 8.88. The molecule has 0 spiro atoms. The van der Waals surface area contributed by atoms with Gasteiger partial charge >= 0.3 is 9.28 Å². The summed E-state index contributed by atoms with van der Waals surface area (Å²) in [5.74, 6) is 0. The van der Waals surface area contributed by atoms with Crippen molar-refractivity contribution in [1.82, 2.24) is 13.7 Å². The highest BCUT2D eigenvalue weighted by Crippen LogP contribution is 2.28. The molecule has 0 aromatic carbocycles. The predicted octanol–water partition coefficient (Wildman–Crippen LogP) is 6.67. The first-order valence-corrected chi connectivity index (χ1v) is 13.7. The van der Waals surface area contributed by atoms with Crippen LogP contribution in [-0.2, 0) is 0 Å². The van der Waals surface area contributed by atoms with Gasteiger partial charge in [0, 0.05) is 36.3 Å². The highest BCUT2D eigenvalue weighted by molar-refractivity contribution is 6.50. The molecule has 0 bridgehead atoms. The van der Waals surface area contributed by atoms with E-state index in [4.69, 9.17) is 0 Å². The Labute approximate surface area is 181 Å². The van der Waals surface area contributed by atoms with Crippen molar-refractivity contribution in [3.05, 3.63) is 0 Å². The van der Waals surface area contributed by atoms with E-state index in [2.05, 4.69) is 96.8 Å². The average Bonchev–Trinajstić information content (AvgIpc) is 2.72. The normalized spacial score (nSPS) is 19.3. The summed E-state index contributed by atoms with van der Waals surface area (Å²) >= 11 is 0. The summed E-state index contributed by atoms with van der Waals surface area (Å²) in [6.07, 6.45) is 7.35. The van der Waals surface area contributed by atoms with E-state index in [1.54, 1.807) is 0 Å². The summed E-state index contributed by atoms with van der Waals surface area (Å²) in [4.78, 5) is 0. The van der Waals surface area contributed by atoms with Gasteiger partial charge in [0.25, 0.3) is 0 Å². The summed E-state index contributed by atoms with van der Waals surface area (Å²) in [7, 11) is -1.03. The van der Waals surface area contributed by atoms with Crippen molar-refractivity contribution in [2.45, 2.75) is 158 Å². The molecule has 0 N–H and O–H groups in total. The minimum Gasteiger partial charge on any atom is -0.294 e. The molecule has 4 heteroatoms. The molecule has 28 heavy (non-hydrogen) atoms. The smallest absolute Gasteiger partial charge is 0.294 e. The lowest BCUT2D eigenvalue weighted by molar-refractivity contribution is 0.120. The Kier molecular flexibility index (Phi) is 14.2. The van der Waals surface area contributed by atoms with Crippen molar-refractivity contribution in [2.75, 3.05) is 0 Å². The fourth-order valence-corrected chi connectivity index (χ4v) is 8.33. The SMILES string of the molecule is CCC(C)N(C(C)CC)[Si](N(C(C)CC)C(C)CC)N(C(C)CC)C(C)CC. The van der Waals surface area contributed by atoms with Gasteiger partial charge < -0.3 is 0 Å². The predicted molar refractivity (Wildman–Crippen MR) is 130 cm³/mol. The minimum absolute atomic E-state index is 0.620. The molecule has 0 aliphatic heterocycles. The lowest BCUT2D eigenvalue weighted by atomic mass is 10.2. The van der Waals surface area contributed by atoms with Crippen LogP contribution in [0.3, 0.4) is 0 Å². The van der Waals surface area contributed by atoms with Crippen molar-refractivity contribution < 1.29 is 0 Å². The van der Waals surface area contributed by atoms with E-state index < -0.39 is 9.28 Å². The standard InChI is InChI=1S/C24H54N3Si/c1-13-19(7)25(20(8)14-2)28(26(21(9)15-3)22(10)16-4)27(23(11)17-5)24(12)18-6/h19-24H,13-18H2,1-12H3. The van der Waals surface area contributed by atoms with Crippen molar-refractivity contribution >= 4 is 9.28 Å². The van der Waals surface area contributed by atoms with E-state index >= 15 is 0 Å². The van der Waals surface area contributed by atoms with E-state index in [9.17, 15) is 0 Å². The van der Waals surface area contributed by atoms with Crippen LogP contribution < -0.4 is 0 Å². The topological polar surface area (TPSA) is 9.72 Å². The average molecular weight is 413 g/mol. The highest BCUT2D eigenvalue weighted by Gasteiger charge is 2.45. The van der Waals surface area contributed by atoms with Crippen LogP contribution in [0.25, 0.3) is 0 Å². The van der Waals surface area contributed by atoms with Crippen LogP contribution in [-0.4, -0.2) is 59.2 Å². The van der Waals surface area contributed by atoms with Crippen molar-refractivity contribution in [2.24, 2.45) is 0 Å². The zero-order chi connectivity index (χ0) is 22.0. The zero-order valence-corrected chi connectivity index (χ0v) is 22.5. The van der Waals surface area contributed by atoms with Crippen molar-refractivity contribution in [3.63, 3.8) is 0 Å². The lowest BCUT2D eigenvalue weighted by Gasteiger charge is -2.54. The molecule has 0 saturated heterocycles. The number of hydrogen-bond donors (Lipinski definition) is 0. The molecule has 0 heterocycles. The second-order valence-electron chi connectivity index (χ2n) is 9.07. The Morgan fingerprint density at radius 2 is 0.536 bits per heavy atom. The molecule has 0 amide bonds. The second kappa shape index (κ2) is 14.2. The highest BCUT2D eigenvalue weighted by atomic mass is 28.3. The molecule has 0 aliphatic carbocycles. The number of hydrogen-bond acceptors (Lipinski definition) is 3. The summed E-state index contributed by atoms with van der Waals surface area (Å²) in [6, 6.07) is 3.72. The first kappa shape index (κ1) is 28.1. The lowest BCUT2D eigenvalue weighted by Crippen LogP contribution is -2.72. The van der Waals surface area contributed by atoms with Gasteiger partial charge in [0.2, 0.25) is 0 Å². The van der Waals surface area contributed by atoms with Crippen molar-refractivity contribution in [3.8, 4) is 0 Å². The molecule has 0 saturated carbocycles. The molecule has 0 aliphatic rings.